The number of pyridine rings is 1. The van der Waals surface area contributed by atoms with Crippen LogP contribution >= 0.6 is 22.9 Å². The quantitative estimate of drug-likeness (QED) is 0.229. The van der Waals surface area contributed by atoms with Crippen molar-refractivity contribution >= 4 is 55.7 Å². The topological polar surface area (TPSA) is 92.6 Å². The van der Waals surface area contributed by atoms with Crippen LogP contribution in [0, 0.1) is 0 Å². The Labute approximate surface area is 203 Å². The van der Waals surface area contributed by atoms with Crippen LogP contribution in [0.25, 0.3) is 16.0 Å². The third-order valence-corrected chi connectivity index (χ3v) is 6.66. The average molecular weight is 492 g/mol. The van der Waals surface area contributed by atoms with Crippen molar-refractivity contribution in [1.82, 2.24) is 9.97 Å². The zero-order valence-electron chi connectivity index (χ0n) is 17.9. The number of aliphatic hydroxyl groups excluding tert-OH is 1. The number of hydrogen-bond donors (Lipinski definition) is 1. The lowest BCUT2D eigenvalue weighted by molar-refractivity contribution is -0.132. The second-order valence-electron chi connectivity index (χ2n) is 7.52. The summed E-state index contributed by atoms with van der Waals surface area (Å²) in [5.74, 6) is -1.32. The maximum Gasteiger partial charge on any atom is 0.301 e. The number of amides is 1. The molecule has 2 aromatic heterocycles. The first kappa shape index (κ1) is 22.1. The molecule has 170 valence electrons. The molecular formula is C25H18ClN3O4S. The summed E-state index contributed by atoms with van der Waals surface area (Å²) < 4.78 is 6.30. The van der Waals surface area contributed by atoms with Crippen molar-refractivity contribution < 1.29 is 19.4 Å². The first-order valence-corrected chi connectivity index (χ1v) is 11.7. The Balaban J connectivity index is 1.70. The van der Waals surface area contributed by atoms with Gasteiger partial charge in [-0.05, 0) is 48.9 Å². The van der Waals surface area contributed by atoms with Crippen molar-refractivity contribution in [3.05, 3.63) is 88.7 Å². The lowest BCUT2D eigenvalue weighted by Crippen LogP contribution is -2.29. The summed E-state index contributed by atoms with van der Waals surface area (Å²) >= 11 is 7.36. The van der Waals surface area contributed by atoms with E-state index < -0.39 is 17.7 Å². The van der Waals surface area contributed by atoms with Crippen LogP contribution in [0.5, 0.6) is 5.75 Å². The Morgan fingerprint density at radius 3 is 2.79 bits per heavy atom. The fourth-order valence-electron chi connectivity index (χ4n) is 3.93. The number of anilines is 1. The van der Waals surface area contributed by atoms with Crippen molar-refractivity contribution in [2.24, 2.45) is 0 Å². The number of aromatic nitrogens is 2. The number of ether oxygens (including phenoxy) is 1. The minimum absolute atomic E-state index is 0.0380. The van der Waals surface area contributed by atoms with Crippen LogP contribution in [0.3, 0.4) is 0 Å². The maximum absolute atomic E-state index is 13.3. The SMILES string of the molecule is CCOc1cccc(C(O)=C2C(=O)C(=O)N(c3nc4ccc(Cl)cc4s3)C2c2cccnc2)c1. The zero-order chi connectivity index (χ0) is 23.8. The first-order valence-electron chi connectivity index (χ1n) is 10.5. The van der Waals surface area contributed by atoms with Gasteiger partial charge in [-0.1, -0.05) is 41.1 Å². The van der Waals surface area contributed by atoms with Crippen LogP contribution in [-0.2, 0) is 9.59 Å². The molecule has 2 aromatic carbocycles. The van der Waals surface area contributed by atoms with Gasteiger partial charge in [0.15, 0.2) is 5.13 Å². The van der Waals surface area contributed by atoms with Crippen LogP contribution in [0.2, 0.25) is 5.02 Å². The van der Waals surface area contributed by atoms with Gasteiger partial charge in [-0.3, -0.25) is 19.5 Å². The molecule has 5 rings (SSSR count). The highest BCUT2D eigenvalue weighted by atomic mass is 35.5. The summed E-state index contributed by atoms with van der Waals surface area (Å²) in [7, 11) is 0. The molecule has 0 aliphatic carbocycles. The van der Waals surface area contributed by atoms with Gasteiger partial charge < -0.3 is 9.84 Å². The lowest BCUT2D eigenvalue weighted by atomic mass is 9.96. The summed E-state index contributed by atoms with van der Waals surface area (Å²) in [6.07, 6.45) is 3.17. The Bertz CT molecular complexity index is 1450. The van der Waals surface area contributed by atoms with E-state index in [1.165, 1.54) is 16.2 Å². The second-order valence-corrected chi connectivity index (χ2v) is 8.97. The molecule has 1 saturated heterocycles. The fraction of sp³-hybridized carbons (Fsp3) is 0.120. The Kier molecular flexibility index (Phi) is 5.77. The molecule has 7 nitrogen and oxygen atoms in total. The summed E-state index contributed by atoms with van der Waals surface area (Å²) in [6, 6.07) is 14.5. The number of nitrogens with zero attached hydrogens (tertiary/aromatic N) is 3. The highest BCUT2D eigenvalue weighted by molar-refractivity contribution is 7.22. The molecule has 1 aliphatic heterocycles. The van der Waals surface area contributed by atoms with Crippen molar-refractivity contribution in [2.75, 3.05) is 11.5 Å². The molecule has 34 heavy (non-hydrogen) atoms. The van der Waals surface area contributed by atoms with Gasteiger partial charge in [0.05, 0.1) is 28.4 Å². The molecular weight excluding hydrogens is 474 g/mol. The number of carbonyl (C=O) groups is 2. The van der Waals surface area contributed by atoms with Gasteiger partial charge in [0, 0.05) is 23.0 Å². The third-order valence-electron chi connectivity index (χ3n) is 5.41. The van der Waals surface area contributed by atoms with Crippen LogP contribution < -0.4 is 9.64 Å². The number of aliphatic hydroxyl groups is 1. The van der Waals surface area contributed by atoms with Crippen molar-refractivity contribution in [3.63, 3.8) is 0 Å². The summed E-state index contributed by atoms with van der Waals surface area (Å²) in [4.78, 5) is 36.6. The zero-order valence-corrected chi connectivity index (χ0v) is 19.5. The van der Waals surface area contributed by atoms with Gasteiger partial charge >= 0.3 is 5.91 Å². The number of ketones is 1. The van der Waals surface area contributed by atoms with E-state index in [1.807, 2.05) is 6.92 Å². The largest absolute Gasteiger partial charge is 0.507 e. The second kappa shape index (κ2) is 8.89. The molecule has 1 N–H and O–H groups in total. The van der Waals surface area contributed by atoms with Gasteiger partial charge in [0.25, 0.3) is 5.78 Å². The standard InChI is InChI=1S/C25H18ClN3O4S/c1-2-33-17-7-3-5-14(11-17)22(30)20-21(15-6-4-10-27-13-15)29(24(32)23(20)31)25-28-18-9-8-16(26)12-19(18)34-25/h3-13,21,30H,2H2,1H3. The van der Waals surface area contributed by atoms with E-state index in [0.29, 0.717) is 39.2 Å². The van der Waals surface area contributed by atoms with E-state index in [1.54, 1.807) is 67.0 Å². The first-order chi connectivity index (χ1) is 16.5. The normalized spacial score (nSPS) is 17.5. The van der Waals surface area contributed by atoms with Crippen molar-refractivity contribution in [2.45, 2.75) is 13.0 Å². The number of hydrogen-bond acceptors (Lipinski definition) is 7. The van der Waals surface area contributed by atoms with Gasteiger partial charge in [-0.25, -0.2) is 4.98 Å². The van der Waals surface area contributed by atoms with Crippen molar-refractivity contribution in [1.29, 1.82) is 0 Å². The van der Waals surface area contributed by atoms with Gasteiger partial charge in [0.1, 0.15) is 11.5 Å². The van der Waals surface area contributed by atoms with E-state index in [4.69, 9.17) is 16.3 Å². The molecule has 0 bridgehead atoms. The minimum Gasteiger partial charge on any atom is -0.507 e. The highest BCUT2D eigenvalue weighted by Crippen LogP contribution is 2.44. The molecule has 4 aromatic rings. The van der Waals surface area contributed by atoms with E-state index in [0.717, 1.165) is 4.70 Å². The Hall–Kier alpha value is -3.75. The average Bonchev–Trinajstić information content (AvgIpc) is 3.37. The number of Topliss-reactive ketones (excluding diaryl/α,β-unsaturated/α-hetero) is 1. The smallest absolute Gasteiger partial charge is 0.301 e. The fourth-order valence-corrected chi connectivity index (χ4v) is 5.20. The molecule has 1 fully saturated rings. The van der Waals surface area contributed by atoms with Gasteiger partial charge in [-0.15, -0.1) is 0 Å². The number of fused-ring (bicyclic) bond motifs is 1. The number of thiazole rings is 1. The molecule has 1 amide bonds. The van der Waals surface area contributed by atoms with Crippen LogP contribution in [0.15, 0.2) is 72.6 Å². The van der Waals surface area contributed by atoms with Crippen LogP contribution in [-0.4, -0.2) is 33.4 Å². The maximum atomic E-state index is 13.3. The summed E-state index contributed by atoms with van der Waals surface area (Å²) in [5.41, 5.74) is 1.56. The van der Waals surface area contributed by atoms with Crippen molar-refractivity contribution in [3.8, 4) is 5.75 Å². The van der Waals surface area contributed by atoms with Crippen LogP contribution in [0.4, 0.5) is 5.13 Å². The predicted octanol–water partition coefficient (Wildman–Crippen LogP) is 5.37. The molecule has 3 heterocycles. The highest BCUT2D eigenvalue weighted by Gasteiger charge is 2.48. The lowest BCUT2D eigenvalue weighted by Gasteiger charge is -2.22. The van der Waals surface area contributed by atoms with E-state index in [9.17, 15) is 14.7 Å². The number of rotatable bonds is 5. The predicted molar refractivity (Wildman–Crippen MR) is 131 cm³/mol. The number of carbonyl (C=O) groups excluding carboxylic acids is 2. The van der Waals surface area contributed by atoms with Gasteiger partial charge in [-0.2, -0.15) is 0 Å². The van der Waals surface area contributed by atoms with Gasteiger partial charge in [0.2, 0.25) is 0 Å². The molecule has 1 aliphatic rings. The molecule has 1 atom stereocenters. The monoisotopic (exact) mass is 491 g/mol. The molecule has 9 heteroatoms. The number of benzene rings is 2. The van der Waals surface area contributed by atoms with E-state index >= 15 is 0 Å². The molecule has 0 spiro atoms. The Morgan fingerprint density at radius 1 is 1.18 bits per heavy atom. The summed E-state index contributed by atoms with van der Waals surface area (Å²) in [5, 5.41) is 12.1. The molecule has 0 radical (unpaired) electrons. The number of halogens is 1. The molecule has 1 unspecified atom stereocenters. The summed E-state index contributed by atoms with van der Waals surface area (Å²) in [6.45, 7) is 2.30. The van der Waals surface area contributed by atoms with Crippen LogP contribution in [0.1, 0.15) is 24.1 Å². The third kappa shape index (κ3) is 3.81. The van der Waals surface area contributed by atoms with E-state index in [2.05, 4.69) is 9.97 Å². The molecule has 0 saturated carbocycles. The van der Waals surface area contributed by atoms with E-state index in [-0.39, 0.29) is 11.3 Å². The minimum atomic E-state index is -0.902. The Morgan fingerprint density at radius 2 is 2.03 bits per heavy atom.